The van der Waals surface area contributed by atoms with Gasteiger partial charge in [0.15, 0.2) is 0 Å². The Kier molecular flexibility index (Phi) is 4.39. The fourth-order valence-corrected chi connectivity index (χ4v) is 1.12. The second-order valence-electron chi connectivity index (χ2n) is 2.98. The molecule has 7 heteroatoms. The van der Waals surface area contributed by atoms with E-state index in [1.165, 1.54) is 6.07 Å². The molecule has 0 spiro atoms. The number of hydrogen-bond donors (Lipinski definition) is 1. The van der Waals surface area contributed by atoms with Crippen LogP contribution in [0.15, 0.2) is 18.2 Å². The van der Waals surface area contributed by atoms with Crippen molar-refractivity contribution in [2.24, 2.45) is 0 Å². The zero-order chi connectivity index (χ0) is 13.0. The lowest BCUT2D eigenvalue weighted by Gasteiger charge is -2.07. The largest absolute Gasteiger partial charge is 0.465 e. The number of carbonyl (C=O) groups excluding carboxylic acids is 2. The topological polar surface area (TPSA) is 55.4 Å². The lowest BCUT2D eigenvalue weighted by molar-refractivity contribution is -0.118. The van der Waals surface area contributed by atoms with Gasteiger partial charge in [0.05, 0.1) is 12.7 Å². The Balaban J connectivity index is 2.97. The van der Waals surface area contributed by atoms with E-state index in [2.05, 4.69) is 10.1 Å². The molecule has 0 fully saturated rings. The maximum Gasteiger partial charge on any atom is 0.340 e. The first-order valence-corrected chi connectivity index (χ1v) is 4.86. The number of benzene rings is 1. The molecule has 0 aromatic heterocycles. The van der Waals surface area contributed by atoms with E-state index in [1.807, 2.05) is 0 Å². The standard InChI is InChI=1S/C10H8ClF2NO3/c1-17-10(16)6-4-5(2-3-7(6)12)14-9(15)8(11)13/h2-4,8H,1H3,(H,14,15). The Morgan fingerprint density at radius 1 is 1.47 bits per heavy atom. The third kappa shape index (κ3) is 3.39. The summed E-state index contributed by atoms with van der Waals surface area (Å²) in [5.41, 5.74) is -2.54. The molecule has 0 aliphatic rings. The van der Waals surface area contributed by atoms with E-state index in [9.17, 15) is 18.4 Å². The van der Waals surface area contributed by atoms with Gasteiger partial charge in [0.2, 0.25) is 0 Å². The first-order valence-electron chi connectivity index (χ1n) is 4.42. The second kappa shape index (κ2) is 5.58. The predicted octanol–water partition coefficient (Wildman–Crippen LogP) is 2.09. The van der Waals surface area contributed by atoms with Gasteiger partial charge in [-0.05, 0) is 18.2 Å². The molecule has 1 aromatic carbocycles. The van der Waals surface area contributed by atoms with Gasteiger partial charge in [-0.25, -0.2) is 13.6 Å². The molecule has 0 saturated carbocycles. The maximum atomic E-state index is 13.2. The molecular weight excluding hydrogens is 256 g/mol. The summed E-state index contributed by atoms with van der Waals surface area (Å²) >= 11 is 4.89. The van der Waals surface area contributed by atoms with Crippen LogP contribution in [0.5, 0.6) is 0 Å². The first kappa shape index (κ1) is 13.4. The average molecular weight is 264 g/mol. The van der Waals surface area contributed by atoms with Crippen molar-refractivity contribution in [1.82, 2.24) is 0 Å². The molecule has 1 rings (SSSR count). The minimum atomic E-state index is -2.22. The molecule has 1 N–H and O–H groups in total. The summed E-state index contributed by atoms with van der Waals surface area (Å²) in [6, 6.07) is 3.14. The van der Waals surface area contributed by atoms with Gasteiger partial charge < -0.3 is 10.1 Å². The van der Waals surface area contributed by atoms with Crippen LogP contribution in [0.1, 0.15) is 10.4 Å². The van der Waals surface area contributed by atoms with Gasteiger partial charge in [-0.2, -0.15) is 0 Å². The number of methoxy groups -OCH3 is 1. The van der Waals surface area contributed by atoms with E-state index in [4.69, 9.17) is 11.6 Å². The molecule has 0 bridgehead atoms. The number of ether oxygens (including phenoxy) is 1. The minimum Gasteiger partial charge on any atom is -0.465 e. The summed E-state index contributed by atoms with van der Waals surface area (Å²) in [6.07, 6.45) is 0. The molecule has 0 aliphatic heterocycles. The fraction of sp³-hybridized carbons (Fsp3) is 0.200. The molecule has 1 aromatic rings. The van der Waals surface area contributed by atoms with Crippen LogP contribution in [-0.2, 0) is 9.53 Å². The van der Waals surface area contributed by atoms with Crippen molar-refractivity contribution < 1.29 is 23.1 Å². The fourth-order valence-electron chi connectivity index (χ4n) is 1.07. The van der Waals surface area contributed by atoms with Gasteiger partial charge in [0.1, 0.15) is 5.82 Å². The SMILES string of the molecule is COC(=O)c1cc(NC(=O)C(F)Cl)ccc1F. The Hall–Kier alpha value is -1.69. The third-order valence-corrected chi connectivity index (χ3v) is 2.04. The highest BCUT2D eigenvalue weighted by molar-refractivity contribution is 6.31. The molecular formula is C10H8ClF2NO3. The van der Waals surface area contributed by atoms with Crippen molar-refractivity contribution in [3.63, 3.8) is 0 Å². The number of carbonyl (C=O) groups is 2. The van der Waals surface area contributed by atoms with Gasteiger partial charge in [-0.1, -0.05) is 11.6 Å². The number of hydrogen-bond acceptors (Lipinski definition) is 3. The summed E-state index contributed by atoms with van der Waals surface area (Å²) in [7, 11) is 1.09. The monoisotopic (exact) mass is 263 g/mol. The van der Waals surface area contributed by atoms with Crippen LogP contribution in [-0.4, -0.2) is 24.6 Å². The van der Waals surface area contributed by atoms with E-state index in [-0.39, 0.29) is 11.3 Å². The first-order chi connectivity index (χ1) is 7.95. The quantitative estimate of drug-likeness (QED) is 0.671. The zero-order valence-corrected chi connectivity index (χ0v) is 9.42. The lowest BCUT2D eigenvalue weighted by atomic mass is 10.2. The van der Waals surface area contributed by atoms with Crippen LogP contribution >= 0.6 is 11.6 Å². The maximum absolute atomic E-state index is 13.2. The Bertz CT molecular complexity index is 451. The second-order valence-corrected chi connectivity index (χ2v) is 3.36. The number of esters is 1. The van der Waals surface area contributed by atoms with E-state index >= 15 is 0 Å². The van der Waals surface area contributed by atoms with Crippen molar-refractivity contribution in [2.45, 2.75) is 5.63 Å². The molecule has 1 atom stereocenters. The van der Waals surface area contributed by atoms with E-state index in [1.54, 1.807) is 0 Å². The van der Waals surface area contributed by atoms with Crippen molar-refractivity contribution in [1.29, 1.82) is 0 Å². The van der Waals surface area contributed by atoms with Crippen LogP contribution in [0.2, 0.25) is 0 Å². The zero-order valence-electron chi connectivity index (χ0n) is 8.67. The lowest BCUT2D eigenvalue weighted by Crippen LogP contribution is -2.19. The highest BCUT2D eigenvalue weighted by atomic mass is 35.5. The number of alkyl halides is 2. The molecule has 1 unspecified atom stereocenters. The molecule has 17 heavy (non-hydrogen) atoms. The summed E-state index contributed by atoms with van der Waals surface area (Å²) in [5, 5.41) is 2.07. The highest BCUT2D eigenvalue weighted by Gasteiger charge is 2.16. The number of nitrogens with one attached hydrogen (secondary N) is 1. The number of amides is 1. The molecule has 0 heterocycles. The predicted molar refractivity (Wildman–Crippen MR) is 57.1 cm³/mol. The number of anilines is 1. The normalized spacial score (nSPS) is 11.8. The van der Waals surface area contributed by atoms with E-state index < -0.39 is 23.3 Å². The van der Waals surface area contributed by atoms with Gasteiger partial charge >= 0.3 is 5.97 Å². The van der Waals surface area contributed by atoms with E-state index in [0.717, 1.165) is 19.2 Å². The molecule has 0 saturated heterocycles. The Morgan fingerprint density at radius 3 is 2.65 bits per heavy atom. The van der Waals surface area contributed by atoms with Gasteiger partial charge in [0.25, 0.3) is 11.5 Å². The van der Waals surface area contributed by atoms with Gasteiger partial charge in [-0.3, -0.25) is 4.79 Å². The summed E-state index contributed by atoms with van der Waals surface area (Å²) in [5.74, 6) is -2.81. The van der Waals surface area contributed by atoms with Crippen LogP contribution in [0.25, 0.3) is 0 Å². The van der Waals surface area contributed by atoms with Crippen LogP contribution < -0.4 is 5.32 Å². The average Bonchev–Trinajstić information content (AvgIpc) is 2.30. The number of rotatable bonds is 3. The van der Waals surface area contributed by atoms with Crippen molar-refractivity contribution in [3.8, 4) is 0 Å². The van der Waals surface area contributed by atoms with Crippen molar-refractivity contribution in [2.75, 3.05) is 12.4 Å². The molecule has 92 valence electrons. The smallest absolute Gasteiger partial charge is 0.340 e. The van der Waals surface area contributed by atoms with Gasteiger partial charge in [-0.15, -0.1) is 0 Å². The third-order valence-electron chi connectivity index (χ3n) is 1.84. The molecule has 4 nitrogen and oxygen atoms in total. The molecule has 0 aliphatic carbocycles. The Labute approximate surface area is 101 Å². The van der Waals surface area contributed by atoms with Crippen LogP contribution in [0.3, 0.4) is 0 Å². The highest BCUT2D eigenvalue weighted by Crippen LogP contribution is 2.16. The van der Waals surface area contributed by atoms with Crippen molar-refractivity contribution in [3.05, 3.63) is 29.6 Å². The number of halogens is 3. The van der Waals surface area contributed by atoms with Crippen LogP contribution in [0.4, 0.5) is 14.5 Å². The van der Waals surface area contributed by atoms with Crippen molar-refractivity contribution >= 4 is 29.2 Å². The summed E-state index contributed by atoms with van der Waals surface area (Å²) in [4.78, 5) is 22.1. The summed E-state index contributed by atoms with van der Waals surface area (Å²) in [6.45, 7) is 0. The summed E-state index contributed by atoms with van der Waals surface area (Å²) < 4.78 is 29.9. The molecule has 0 radical (unpaired) electrons. The molecule has 1 amide bonds. The van der Waals surface area contributed by atoms with Crippen LogP contribution in [0, 0.1) is 5.82 Å². The Morgan fingerprint density at radius 2 is 2.12 bits per heavy atom. The van der Waals surface area contributed by atoms with E-state index in [0.29, 0.717) is 0 Å². The van der Waals surface area contributed by atoms with Gasteiger partial charge in [0, 0.05) is 5.69 Å². The minimum absolute atomic E-state index is 0.0418.